The Balaban J connectivity index is 2.09. The van der Waals surface area contributed by atoms with Crippen molar-refractivity contribution in [3.8, 4) is 0 Å². The molecule has 0 radical (unpaired) electrons. The molecule has 2 nitrogen and oxygen atoms in total. The van der Waals surface area contributed by atoms with Gasteiger partial charge in [-0.25, -0.2) is 0 Å². The first-order valence-electron chi connectivity index (χ1n) is 5.07. The Kier molecular flexibility index (Phi) is 5.74. The van der Waals surface area contributed by atoms with Crippen molar-refractivity contribution >= 4 is 11.6 Å². The van der Waals surface area contributed by atoms with Gasteiger partial charge in [0.1, 0.15) is 0 Å². The summed E-state index contributed by atoms with van der Waals surface area (Å²) in [5, 5.41) is 2.86. The predicted octanol–water partition coefficient (Wildman–Crippen LogP) is 3.01. The average molecular weight is 268 g/mol. The van der Waals surface area contributed by atoms with Gasteiger partial charge in [0.15, 0.2) is 0 Å². The topological polar surface area (TPSA) is 21.3 Å². The second-order valence-electron chi connectivity index (χ2n) is 3.47. The van der Waals surface area contributed by atoms with E-state index in [4.69, 9.17) is 16.3 Å². The molecule has 0 heterocycles. The van der Waals surface area contributed by atoms with Gasteiger partial charge in [-0.2, -0.15) is 13.2 Å². The van der Waals surface area contributed by atoms with Gasteiger partial charge in [-0.1, -0.05) is 23.7 Å². The molecular formula is C11H13ClF3NO. The van der Waals surface area contributed by atoms with E-state index in [2.05, 4.69) is 5.32 Å². The summed E-state index contributed by atoms with van der Waals surface area (Å²) < 4.78 is 40.5. The molecular weight excluding hydrogens is 255 g/mol. The first-order chi connectivity index (χ1) is 7.97. The molecule has 0 aliphatic heterocycles. The van der Waals surface area contributed by atoms with Crippen molar-refractivity contribution in [1.29, 1.82) is 0 Å². The van der Waals surface area contributed by atoms with E-state index < -0.39 is 12.7 Å². The molecule has 1 rings (SSSR count). The van der Waals surface area contributed by atoms with Gasteiger partial charge >= 0.3 is 6.18 Å². The zero-order valence-corrected chi connectivity index (χ0v) is 9.81. The van der Waals surface area contributed by atoms with E-state index in [0.29, 0.717) is 11.6 Å². The van der Waals surface area contributed by atoms with Gasteiger partial charge in [-0.05, 0) is 17.7 Å². The third-order valence-corrected chi connectivity index (χ3v) is 2.14. The molecule has 0 aromatic heterocycles. The van der Waals surface area contributed by atoms with E-state index in [0.717, 1.165) is 5.56 Å². The highest BCUT2D eigenvalue weighted by Crippen LogP contribution is 2.12. The zero-order valence-electron chi connectivity index (χ0n) is 9.06. The number of hydrogen-bond donors (Lipinski definition) is 1. The van der Waals surface area contributed by atoms with Gasteiger partial charge in [0.2, 0.25) is 0 Å². The van der Waals surface area contributed by atoms with Gasteiger partial charge in [0.25, 0.3) is 0 Å². The molecule has 0 aliphatic carbocycles. The number of hydrogen-bond acceptors (Lipinski definition) is 2. The Bertz CT molecular complexity index is 344. The van der Waals surface area contributed by atoms with Crippen LogP contribution in [0.2, 0.25) is 5.02 Å². The van der Waals surface area contributed by atoms with E-state index in [1.165, 1.54) is 0 Å². The summed E-state index contributed by atoms with van der Waals surface area (Å²) in [5.74, 6) is 0. The lowest BCUT2D eigenvalue weighted by Crippen LogP contribution is -2.31. The molecule has 0 unspecified atom stereocenters. The standard InChI is InChI=1S/C11H13ClF3NO/c12-10-3-1-2-9(6-10)7-17-5-4-16-8-11(13,14)15/h1-3,6,16H,4-5,7-8H2. The zero-order chi connectivity index (χ0) is 12.7. The predicted molar refractivity (Wildman–Crippen MR) is 60.0 cm³/mol. The smallest absolute Gasteiger partial charge is 0.375 e. The van der Waals surface area contributed by atoms with Crippen molar-refractivity contribution in [3.05, 3.63) is 34.9 Å². The minimum atomic E-state index is -4.17. The van der Waals surface area contributed by atoms with Gasteiger partial charge in [-0.3, -0.25) is 0 Å². The van der Waals surface area contributed by atoms with Crippen LogP contribution in [0.1, 0.15) is 5.56 Å². The average Bonchev–Trinajstić information content (AvgIpc) is 2.22. The number of alkyl halides is 3. The summed E-state index contributed by atoms with van der Waals surface area (Å²) in [5.41, 5.74) is 0.897. The first kappa shape index (κ1) is 14.3. The highest BCUT2D eigenvalue weighted by Gasteiger charge is 2.25. The van der Waals surface area contributed by atoms with E-state index in [1.807, 2.05) is 6.07 Å². The molecule has 96 valence electrons. The molecule has 0 bridgehead atoms. The van der Waals surface area contributed by atoms with E-state index in [9.17, 15) is 13.2 Å². The third-order valence-electron chi connectivity index (χ3n) is 1.91. The van der Waals surface area contributed by atoms with Crippen LogP contribution in [-0.4, -0.2) is 25.9 Å². The van der Waals surface area contributed by atoms with Crippen molar-refractivity contribution in [2.45, 2.75) is 12.8 Å². The van der Waals surface area contributed by atoms with E-state index in [-0.39, 0.29) is 13.2 Å². The minimum Gasteiger partial charge on any atom is -0.375 e. The molecule has 0 spiro atoms. The fourth-order valence-electron chi connectivity index (χ4n) is 1.19. The second-order valence-corrected chi connectivity index (χ2v) is 3.91. The highest BCUT2D eigenvalue weighted by molar-refractivity contribution is 6.30. The number of ether oxygens (including phenoxy) is 1. The fraction of sp³-hybridized carbons (Fsp3) is 0.455. The van der Waals surface area contributed by atoms with Crippen LogP contribution in [0.3, 0.4) is 0 Å². The van der Waals surface area contributed by atoms with Gasteiger partial charge < -0.3 is 10.1 Å². The molecule has 17 heavy (non-hydrogen) atoms. The maximum atomic E-state index is 11.8. The normalized spacial score (nSPS) is 11.8. The molecule has 1 aromatic rings. The van der Waals surface area contributed by atoms with Gasteiger partial charge in [0, 0.05) is 11.6 Å². The van der Waals surface area contributed by atoms with Crippen LogP contribution in [0.5, 0.6) is 0 Å². The molecule has 0 amide bonds. The Morgan fingerprint density at radius 1 is 1.29 bits per heavy atom. The maximum absolute atomic E-state index is 11.8. The van der Waals surface area contributed by atoms with Crippen LogP contribution in [-0.2, 0) is 11.3 Å². The van der Waals surface area contributed by atoms with Crippen LogP contribution in [0.15, 0.2) is 24.3 Å². The number of nitrogens with one attached hydrogen (secondary N) is 1. The Labute approximate surface area is 103 Å². The van der Waals surface area contributed by atoms with Crippen molar-refractivity contribution in [3.63, 3.8) is 0 Å². The lowest BCUT2D eigenvalue weighted by atomic mass is 10.2. The van der Waals surface area contributed by atoms with Gasteiger partial charge in [-0.15, -0.1) is 0 Å². The first-order valence-corrected chi connectivity index (χ1v) is 5.45. The molecule has 0 atom stereocenters. The SMILES string of the molecule is FC(F)(F)CNCCOCc1cccc(Cl)c1. The number of halogens is 4. The Morgan fingerprint density at radius 2 is 2.06 bits per heavy atom. The Morgan fingerprint density at radius 3 is 2.71 bits per heavy atom. The molecule has 6 heteroatoms. The summed E-state index contributed by atoms with van der Waals surface area (Å²) in [6.45, 7) is -0.259. The molecule has 0 saturated carbocycles. The molecule has 0 aliphatic rings. The summed E-state index contributed by atoms with van der Waals surface area (Å²) in [6, 6.07) is 7.14. The quantitative estimate of drug-likeness (QED) is 0.800. The summed E-state index contributed by atoms with van der Waals surface area (Å²) in [4.78, 5) is 0. The van der Waals surface area contributed by atoms with Crippen molar-refractivity contribution in [2.24, 2.45) is 0 Å². The largest absolute Gasteiger partial charge is 0.401 e. The Hall–Kier alpha value is -0.780. The van der Waals surface area contributed by atoms with E-state index in [1.54, 1.807) is 18.2 Å². The number of rotatable bonds is 6. The van der Waals surface area contributed by atoms with Crippen molar-refractivity contribution in [2.75, 3.05) is 19.7 Å². The number of benzene rings is 1. The van der Waals surface area contributed by atoms with Crippen LogP contribution in [0, 0.1) is 0 Å². The molecule has 1 N–H and O–H groups in total. The van der Waals surface area contributed by atoms with Crippen LogP contribution >= 0.6 is 11.6 Å². The molecule has 0 saturated heterocycles. The van der Waals surface area contributed by atoms with Crippen LogP contribution in [0.25, 0.3) is 0 Å². The fourth-order valence-corrected chi connectivity index (χ4v) is 1.40. The third kappa shape index (κ3) is 7.20. The highest BCUT2D eigenvalue weighted by atomic mass is 35.5. The monoisotopic (exact) mass is 267 g/mol. The molecule has 0 fully saturated rings. The summed E-state index contributed by atoms with van der Waals surface area (Å²) in [6.07, 6.45) is -4.17. The van der Waals surface area contributed by atoms with Crippen LogP contribution < -0.4 is 5.32 Å². The van der Waals surface area contributed by atoms with Crippen molar-refractivity contribution < 1.29 is 17.9 Å². The lowest BCUT2D eigenvalue weighted by Gasteiger charge is -2.08. The maximum Gasteiger partial charge on any atom is 0.401 e. The van der Waals surface area contributed by atoms with E-state index >= 15 is 0 Å². The van der Waals surface area contributed by atoms with Gasteiger partial charge in [0.05, 0.1) is 19.8 Å². The van der Waals surface area contributed by atoms with Crippen molar-refractivity contribution in [1.82, 2.24) is 5.32 Å². The minimum absolute atomic E-state index is 0.167. The summed E-state index contributed by atoms with van der Waals surface area (Å²) >= 11 is 5.76. The second kappa shape index (κ2) is 6.83. The molecule has 1 aromatic carbocycles. The summed E-state index contributed by atoms with van der Waals surface area (Å²) in [7, 11) is 0. The van der Waals surface area contributed by atoms with Crippen LogP contribution in [0.4, 0.5) is 13.2 Å². The lowest BCUT2D eigenvalue weighted by molar-refractivity contribution is -0.125.